The molecule has 0 fully saturated rings. The first-order valence-corrected chi connectivity index (χ1v) is 14.5. The fourth-order valence-electron chi connectivity index (χ4n) is 3.36. The maximum Gasteiger partial charge on any atom is 0.264 e. The van der Waals surface area contributed by atoms with E-state index in [2.05, 4.69) is 37.0 Å². The monoisotopic (exact) mass is 595 g/mol. The second-order valence-electron chi connectivity index (χ2n) is 6.63. The Labute approximate surface area is 207 Å². The predicted octanol–water partition coefficient (Wildman–Crippen LogP) is 6.11. The number of nitrogens with zero attached hydrogens (tertiary/aromatic N) is 5. The summed E-state index contributed by atoms with van der Waals surface area (Å²) in [5, 5.41) is 4.73. The van der Waals surface area contributed by atoms with E-state index in [-0.39, 0.29) is 11.9 Å². The zero-order chi connectivity index (χ0) is 23.7. The molecule has 1 amide bonds. The summed E-state index contributed by atoms with van der Waals surface area (Å²) >= 11 is 8.35. The van der Waals surface area contributed by atoms with Gasteiger partial charge in [0.05, 0.1) is 36.9 Å². The van der Waals surface area contributed by atoms with Crippen LogP contribution >= 0.6 is 40.0 Å². The zero-order valence-corrected chi connectivity index (χ0v) is 22.0. The molecule has 32 heavy (non-hydrogen) atoms. The Morgan fingerprint density at radius 3 is 2.75 bits per heavy atom. The quantitative estimate of drug-likeness (QED) is 0.122. The van der Waals surface area contributed by atoms with Crippen molar-refractivity contribution < 1.29 is 13.6 Å². The molecule has 11 heteroatoms. The third kappa shape index (κ3) is 6.71. The van der Waals surface area contributed by atoms with Crippen molar-refractivity contribution in [1.82, 2.24) is 19.2 Å². The fourth-order valence-corrected chi connectivity index (χ4v) is 4.39. The van der Waals surface area contributed by atoms with E-state index in [4.69, 9.17) is 11.6 Å². The van der Waals surface area contributed by atoms with Gasteiger partial charge in [0, 0.05) is 35.8 Å². The molecule has 0 radical (unpaired) electrons. The van der Waals surface area contributed by atoms with Crippen LogP contribution in [0.15, 0.2) is 46.4 Å². The molecule has 1 aromatic carbocycles. The lowest BCUT2D eigenvalue weighted by Gasteiger charge is -2.30. The van der Waals surface area contributed by atoms with Crippen LogP contribution in [-0.4, -0.2) is 38.4 Å². The van der Waals surface area contributed by atoms with Crippen LogP contribution in [0.4, 0.5) is 8.78 Å². The number of aromatic nitrogens is 2. The third-order valence-corrected chi connectivity index (χ3v) is 6.88. The number of imidazole rings is 1. The summed E-state index contributed by atoms with van der Waals surface area (Å²) in [4.78, 5) is 17.5. The Balaban J connectivity index is 0.00000176. The van der Waals surface area contributed by atoms with Crippen LogP contribution in [-0.2, 0) is 24.3 Å². The molecule has 0 N–H and O–H groups in total. The second-order valence-corrected chi connectivity index (χ2v) is 9.28. The Morgan fingerprint density at radius 1 is 1.41 bits per heavy atom. The molecular formula is C21H26ClF2IN5OP. The second kappa shape index (κ2) is 13.2. The number of benzene rings is 1. The van der Waals surface area contributed by atoms with E-state index in [1.807, 2.05) is 18.4 Å². The average molecular weight is 596 g/mol. The molecule has 174 valence electrons. The van der Waals surface area contributed by atoms with E-state index in [1.165, 1.54) is 10.8 Å². The van der Waals surface area contributed by atoms with E-state index >= 15 is 0 Å². The molecular weight excluding hydrogens is 570 g/mol. The standard InChI is InChI=1S/C19H20ClF2IN5OP.C2H6/c1-13(20)18(8-25-28(12-29)30-23)26-7-6-17-16(10-26)24-11-27(17)9-14-4-2-3-5-15(14)19(21)22;1-2/h2-5,8,11-12,19,30H,6-7,9-10H2,1H3;1-2H3/b18-13-,25-8-;. The summed E-state index contributed by atoms with van der Waals surface area (Å²) in [6.45, 7) is 7.33. The van der Waals surface area contributed by atoms with Crippen molar-refractivity contribution in [2.45, 2.75) is 46.7 Å². The summed E-state index contributed by atoms with van der Waals surface area (Å²) in [7, 11) is 0. The first-order chi connectivity index (χ1) is 15.4. The minimum atomic E-state index is -2.51. The van der Waals surface area contributed by atoms with Crippen LogP contribution in [0, 0.1) is 0 Å². The SMILES string of the molecule is C/C(Cl)=C(\C=N/N(C=O)PI)N1CCc2c(ncn2Cc2ccccc2C(F)F)C1.CC. The van der Waals surface area contributed by atoms with E-state index < -0.39 is 6.43 Å². The molecule has 1 aromatic heterocycles. The number of halogens is 4. The van der Waals surface area contributed by atoms with Gasteiger partial charge in [-0.3, -0.25) is 4.79 Å². The van der Waals surface area contributed by atoms with Gasteiger partial charge in [0.25, 0.3) is 6.43 Å². The van der Waals surface area contributed by atoms with Crippen molar-refractivity contribution in [3.8, 4) is 0 Å². The molecule has 2 heterocycles. The number of fused-ring (bicyclic) bond motifs is 1. The highest BCUT2D eigenvalue weighted by Crippen LogP contribution is 2.28. The molecule has 0 aliphatic carbocycles. The molecule has 1 unspecified atom stereocenters. The topological polar surface area (TPSA) is 53.7 Å². The van der Waals surface area contributed by atoms with Gasteiger partial charge in [-0.15, -0.1) is 0 Å². The maximum atomic E-state index is 13.3. The van der Waals surface area contributed by atoms with Crippen LogP contribution in [0.1, 0.15) is 49.7 Å². The lowest BCUT2D eigenvalue weighted by Crippen LogP contribution is -2.32. The highest BCUT2D eigenvalue weighted by atomic mass is 127. The average Bonchev–Trinajstić information content (AvgIpc) is 3.20. The number of carbonyl (C=O) groups excluding carboxylic acids is 1. The van der Waals surface area contributed by atoms with Gasteiger partial charge in [-0.25, -0.2) is 18.5 Å². The molecule has 1 atom stereocenters. The molecule has 1 aliphatic rings. The van der Waals surface area contributed by atoms with Crippen LogP contribution < -0.4 is 0 Å². The maximum absolute atomic E-state index is 13.3. The van der Waals surface area contributed by atoms with E-state index in [0.29, 0.717) is 43.1 Å². The number of carbonyl (C=O) groups is 1. The number of hydrogen-bond acceptors (Lipinski definition) is 4. The van der Waals surface area contributed by atoms with Crippen molar-refractivity contribution in [1.29, 1.82) is 0 Å². The van der Waals surface area contributed by atoms with Crippen LogP contribution in [0.25, 0.3) is 0 Å². The largest absolute Gasteiger partial charge is 0.363 e. The minimum absolute atomic E-state index is 0.0484. The summed E-state index contributed by atoms with van der Waals surface area (Å²) < 4.78 is 29.8. The highest BCUT2D eigenvalue weighted by molar-refractivity contribution is 14.2. The van der Waals surface area contributed by atoms with Gasteiger partial charge in [0.1, 0.15) is 0 Å². The molecule has 6 nitrogen and oxygen atoms in total. The van der Waals surface area contributed by atoms with Crippen molar-refractivity contribution in [2.75, 3.05) is 6.54 Å². The van der Waals surface area contributed by atoms with Gasteiger partial charge in [-0.2, -0.15) is 5.10 Å². The Morgan fingerprint density at radius 2 is 2.12 bits per heavy atom. The number of amides is 1. The summed E-state index contributed by atoms with van der Waals surface area (Å²) in [5.74, 6) is 0. The summed E-state index contributed by atoms with van der Waals surface area (Å²) in [6.07, 6.45) is 2.33. The Kier molecular flexibility index (Phi) is 11.0. The van der Waals surface area contributed by atoms with Crippen molar-refractivity contribution in [2.24, 2.45) is 5.10 Å². The molecule has 3 rings (SSSR count). The molecule has 0 saturated carbocycles. The van der Waals surface area contributed by atoms with E-state index in [9.17, 15) is 13.6 Å². The number of hydrogen-bond donors (Lipinski definition) is 0. The van der Waals surface area contributed by atoms with Gasteiger partial charge < -0.3 is 9.47 Å². The van der Waals surface area contributed by atoms with Crippen molar-refractivity contribution in [3.63, 3.8) is 0 Å². The Bertz CT molecular complexity index is 965. The molecule has 0 bridgehead atoms. The normalized spacial score (nSPS) is 14.4. The Hall–Kier alpha value is -1.58. The van der Waals surface area contributed by atoms with Crippen LogP contribution in [0.2, 0.25) is 0 Å². The lowest BCUT2D eigenvalue weighted by atomic mass is 10.1. The number of rotatable bonds is 8. The van der Waals surface area contributed by atoms with Crippen molar-refractivity contribution in [3.05, 3.63) is 63.8 Å². The summed E-state index contributed by atoms with van der Waals surface area (Å²) in [6, 6.07) is 6.58. The van der Waals surface area contributed by atoms with Gasteiger partial charge in [0.15, 0.2) is 0 Å². The van der Waals surface area contributed by atoms with Gasteiger partial charge >= 0.3 is 0 Å². The zero-order valence-electron chi connectivity index (χ0n) is 18.1. The van der Waals surface area contributed by atoms with Gasteiger partial charge in [-0.05, 0) is 34.5 Å². The first kappa shape index (κ1) is 26.7. The number of alkyl halides is 2. The molecule has 0 spiro atoms. The lowest BCUT2D eigenvalue weighted by molar-refractivity contribution is -0.113. The molecule has 2 aromatic rings. The van der Waals surface area contributed by atoms with Crippen LogP contribution in [0.3, 0.4) is 0 Å². The minimum Gasteiger partial charge on any atom is -0.363 e. The number of allylic oxidation sites excluding steroid dienone is 2. The molecule has 0 saturated heterocycles. The smallest absolute Gasteiger partial charge is 0.264 e. The van der Waals surface area contributed by atoms with E-state index in [0.717, 1.165) is 17.1 Å². The van der Waals surface area contributed by atoms with Crippen LogP contribution in [0.5, 0.6) is 0 Å². The number of hydrazone groups is 1. The van der Waals surface area contributed by atoms with E-state index in [1.54, 1.807) is 37.7 Å². The van der Waals surface area contributed by atoms with Gasteiger partial charge in [0.2, 0.25) is 6.41 Å². The summed E-state index contributed by atoms with van der Waals surface area (Å²) in [5.41, 5.74) is 3.27. The van der Waals surface area contributed by atoms with Crippen molar-refractivity contribution >= 4 is 52.6 Å². The predicted molar refractivity (Wildman–Crippen MR) is 135 cm³/mol. The first-order valence-electron chi connectivity index (χ1n) is 10.1. The third-order valence-electron chi connectivity index (χ3n) is 4.81. The molecule has 1 aliphatic heterocycles. The highest BCUT2D eigenvalue weighted by Gasteiger charge is 2.23. The fraction of sp³-hybridized carbons (Fsp3) is 0.381. The van der Waals surface area contributed by atoms with Gasteiger partial charge in [-0.1, -0.05) is 49.7 Å².